The van der Waals surface area contributed by atoms with Gasteiger partial charge in [0.15, 0.2) is 5.96 Å². The van der Waals surface area contributed by atoms with Crippen molar-refractivity contribution in [2.45, 2.75) is 52.0 Å². The van der Waals surface area contributed by atoms with Crippen LogP contribution >= 0.6 is 24.0 Å². The van der Waals surface area contributed by atoms with Crippen molar-refractivity contribution in [3.05, 3.63) is 0 Å². The van der Waals surface area contributed by atoms with E-state index in [2.05, 4.69) is 17.2 Å². The molecule has 1 fully saturated rings. The highest BCUT2D eigenvalue weighted by Gasteiger charge is 2.35. The third-order valence-electron chi connectivity index (χ3n) is 3.59. The molecule has 3 N–H and O–H groups in total. The minimum absolute atomic E-state index is 0. The molecule has 5 heteroatoms. The summed E-state index contributed by atoms with van der Waals surface area (Å²) in [5, 5.41) is 3.15. The minimum Gasteiger partial charge on any atom is -0.383 e. The SMILES string of the molecule is CCCC1(CN=C(N)NC(C)COC)CCC1.I. The number of nitrogens with zero attached hydrogens (tertiary/aromatic N) is 1. The lowest BCUT2D eigenvalue weighted by molar-refractivity contribution is 0.130. The fourth-order valence-electron chi connectivity index (χ4n) is 2.54. The Morgan fingerprint density at radius 1 is 1.50 bits per heavy atom. The maximum Gasteiger partial charge on any atom is 0.188 e. The fourth-order valence-corrected chi connectivity index (χ4v) is 2.54. The molecule has 0 radical (unpaired) electrons. The van der Waals surface area contributed by atoms with Gasteiger partial charge in [0, 0.05) is 19.7 Å². The van der Waals surface area contributed by atoms with E-state index in [4.69, 9.17) is 10.5 Å². The van der Waals surface area contributed by atoms with E-state index in [1.54, 1.807) is 7.11 Å². The molecule has 0 saturated heterocycles. The molecule has 1 atom stereocenters. The van der Waals surface area contributed by atoms with E-state index in [1.165, 1.54) is 32.1 Å². The molecule has 1 rings (SSSR count). The summed E-state index contributed by atoms with van der Waals surface area (Å²) in [6, 6.07) is 0.215. The van der Waals surface area contributed by atoms with Crippen LogP contribution in [0.5, 0.6) is 0 Å². The Hall–Kier alpha value is -0.0400. The normalized spacial score (nSPS) is 19.6. The smallest absolute Gasteiger partial charge is 0.188 e. The molecule has 0 aromatic carbocycles. The van der Waals surface area contributed by atoms with Crippen LogP contribution in [0.1, 0.15) is 46.0 Å². The zero-order chi connectivity index (χ0) is 12.7. The molecule has 0 heterocycles. The van der Waals surface area contributed by atoms with E-state index >= 15 is 0 Å². The van der Waals surface area contributed by atoms with E-state index in [1.807, 2.05) is 6.92 Å². The number of ether oxygens (including phenoxy) is 1. The molecule has 0 amide bonds. The van der Waals surface area contributed by atoms with E-state index < -0.39 is 0 Å². The number of methoxy groups -OCH3 is 1. The summed E-state index contributed by atoms with van der Waals surface area (Å²) in [5.41, 5.74) is 6.32. The molecule has 4 nitrogen and oxygen atoms in total. The maximum atomic E-state index is 5.87. The summed E-state index contributed by atoms with van der Waals surface area (Å²) in [7, 11) is 1.69. The molecule has 108 valence electrons. The van der Waals surface area contributed by atoms with E-state index in [0.717, 1.165) is 6.54 Å². The van der Waals surface area contributed by atoms with Crippen LogP contribution in [-0.4, -0.2) is 32.3 Å². The van der Waals surface area contributed by atoms with Gasteiger partial charge in [-0.1, -0.05) is 19.8 Å². The summed E-state index contributed by atoms with van der Waals surface area (Å²) in [6.07, 6.45) is 6.49. The predicted octanol–water partition coefficient (Wildman–Crippen LogP) is 2.51. The van der Waals surface area contributed by atoms with Crippen molar-refractivity contribution in [3.63, 3.8) is 0 Å². The van der Waals surface area contributed by atoms with Crippen LogP contribution in [0.15, 0.2) is 4.99 Å². The highest BCUT2D eigenvalue weighted by molar-refractivity contribution is 14.0. The van der Waals surface area contributed by atoms with Gasteiger partial charge < -0.3 is 15.8 Å². The lowest BCUT2D eigenvalue weighted by Crippen LogP contribution is -2.42. The number of guanidine groups is 1. The zero-order valence-electron chi connectivity index (χ0n) is 11.9. The largest absolute Gasteiger partial charge is 0.383 e. The molecular weight excluding hydrogens is 341 g/mol. The summed E-state index contributed by atoms with van der Waals surface area (Å²) >= 11 is 0. The van der Waals surface area contributed by atoms with E-state index in [-0.39, 0.29) is 30.0 Å². The second kappa shape index (κ2) is 8.96. The second-order valence-electron chi connectivity index (χ2n) is 5.31. The molecule has 0 aliphatic heterocycles. The standard InChI is InChI=1S/C13H27N3O.HI/c1-4-6-13(7-5-8-13)10-15-12(14)16-11(2)9-17-3;/h11H,4-10H2,1-3H3,(H3,14,15,16);1H. The van der Waals surface area contributed by atoms with Gasteiger partial charge in [-0.05, 0) is 31.6 Å². The van der Waals surface area contributed by atoms with Gasteiger partial charge in [0.1, 0.15) is 0 Å². The monoisotopic (exact) mass is 369 g/mol. The van der Waals surface area contributed by atoms with Crippen molar-refractivity contribution in [1.29, 1.82) is 0 Å². The van der Waals surface area contributed by atoms with Gasteiger partial charge in [0.2, 0.25) is 0 Å². The van der Waals surface area contributed by atoms with Crippen LogP contribution in [-0.2, 0) is 4.74 Å². The van der Waals surface area contributed by atoms with Crippen LogP contribution in [0.2, 0.25) is 0 Å². The molecule has 1 unspecified atom stereocenters. The van der Waals surface area contributed by atoms with Crippen LogP contribution in [0.25, 0.3) is 0 Å². The Balaban J connectivity index is 0.00000289. The summed E-state index contributed by atoms with van der Waals surface area (Å²) in [4.78, 5) is 4.49. The highest BCUT2D eigenvalue weighted by Crippen LogP contribution is 2.44. The number of halogens is 1. The summed E-state index contributed by atoms with van der Waals surface area (Å²) < 4.78 is 5.05. The fraction of sp³-hybridized carbons (Fsp3) is 0.923. The molecule has 1 aliphatic rings. The van der Waals surface area contributed by atoms with Crippen LogP contribution in [0.3, 0.4) is 0 Å². The van der Waals surface area contributed by atoms with Crippen molar-refractivity contribution >= 4 is 29.9 Å². The molecular formula is C13H28IN3O. The Morgan fingerprint density at radius 3 is 2.61 bits per heavy atom. The predicted molar refractivity (Wildman–Crippen MR) is 87.6 cm³/mol. The zero-order valence-corrected chi connectivity index (χ0v) is 14.2. The molecule has 18 heavy (non-hydrogen) atoms. The first-order valence-electron chi connectivity index (χ1n) is 6.67. The number of hydrogen-bond donors (Lipinski definition) is 2. The molecule has 0 aromatic rings. The maximum absolute atomic E-state index is 5.87. The number of hydrogen-bond acceptors (Lipinski definition) is 2. The Kier molecular flexibility index (Phi) is 8.94. The average Bonchev–Trinajstić information content (AvgIpc) is 2.22. The molecule has 0 bridgehead atoms. The average molecular weight is 369 g/mol. The van der Waals surface area contributed by atoms with Gasteiger partial charge in [-0.25, -0.2) is 0 Å². The molecule has 1 aliphatic carbocycles. The number of nitrogens with two attached hydrogens (primary N) is 1. The Bertz CT molecular complexity index is 255. The molecule has 0 spiro atoms. The van der Waals surface area contributed by atoms with Crippen molar-refractivity contribution in [2.75, 3.05) is 20.3 Å². The van der Waals surface area contributed by atoms with E-state index in [9.17, 15) is 0 Å². The van der Waals surface area contributed by atoms with Crippen molar-refractivity contribution in [2.24, 2.45) is 16.1 Å². The first kappa shape index (κ1) is 18.0. The number of rotatable bonds is 7. The van der Waals surface area contributed by atoms with E-state index in [0.29, 0.717) is 18.0 Å². The van der Waals surface area contributed by atoms with Crippen LogP contribution in [0.4, 0.5) is 0 Å². The van der Waals surface area contributed by atoms with Crippen molar-refractivity contribution < 1.29 is 4.74 Å². The third kappa shape index (κ3) is 5.73. The summed E-state index contributed by atoms with van der Waals surface area (Å²) in [5.74, 6) is 0.553. The van der Waals surface area contributed by atoms with Crippen LogP contribution < -0.4 is 11.1 Å². The third-order valence-corrected chi connectivity index (χ3v) is 3.59. The van der Waals surface area contributed by atoms with Crippen molar-refractivity contribution in [3.8, 4) is 0 Å². The van der Waals surface area contributed by atoms with Gasteiger partial charge >= 0.3 is 0 Å². The van der Waals surface area contributed by atoms with Gasteiger partial charge in [-0.3, -0.25) is 4.99 Å². The lowest BCUT2D eigenvalue weighted by atomic mass is 9.66. The van der Waals surface area contributed by atoms with Gasteiger partial charge in [-0.2, -0.15) is 0 Å². The van der Waals surface area contributed by atoms with Crippen molar-refractivity contribution in [1.82, 2.24) is 5.32 Å². The first-order valence-corrected chi connectivity index (χ1v) is 6.67. The highest BCUT2D eigenvalue weighted by atomic mass is 127. The summed E-state index contributed by atoms with van der Waals surface area (Å²) in [6.45, 7) is 5.80. The first-order chi connectivity index (χ1) is 8.12. The molecule has 1 saturated carbocycles. The lowest BCUT2D eigenvalue weighted by Gasteiger charge is -2.40. The molecule has 0 aromatic heterocycles. The number of nitrogens with one attached hydrogen (secondary N) is 1. The second-order valence-corrected chi connectivity index (χ2v) is 5.31. The quantitative estimate of drug-likeness (QED) is 0.412. The van der Waals surface area contributed by atoms with Gasteiger partial charge in [0.25, 0.3) is 0 Å². The Labute approximate surface area is 128 Å². The minimum atomic E-state index is 0. The number of aliphatic imine (C=N–C) groups is 1. The topological polar surface area (TPSA) is 59.6 Å². The van der Waals surface area contributed by atoms with Crippen LogP contribution in [0, 0.1) is 5.41 Å². The van der Waals surface area contributed by atoms with Gasteiger partial charge in [0.05, 0.1) is 6.61 Å². The van der Waals surface area contributed by atoms with Gasteiger partial charge in [-0.15, -0.1) is 24.0 Å². The Morgan fingerprint density at radius 2 is 2.17 bits per heavy atom.